The van der Waals surface area contributed by atoms with Gasteiger partial charge in [-0.2, -0.15) is 18.3 Å². The van der Waals surface area contributed by atoms with Crippen LogP contribution in [0, 0.1) is 22.7 Å². The fourth-order valence-corrected chi connectivity index (χ4v) is 8.05. The molecule has 0 radical (unpaired) electrons. The minimum absolute atomic E-state index is 0.156. The molecule has 6 rings (SSSR count). The second-order valence-electron chi connectivity index (χ2n) is 13.3. The molecule has 1 amide bonds. The Morgan fingerprint density at radius 1 is 1.17 bits per heavy atom. The van der Waals surface area contributed by atoms with Gasteiger partial charge in [0.05, 0.1) is 28.2 Å². The number of fused-ring (bicyclic) bond motifs is 2. The normalized spacial score (nSPS) is 28.5. The van der Waals surface area contributed by atoms with Crippen molar-refractivity contribution in [2.24, 2.45) is 22.7 Å². The van der Waals surface area contributed by atoms with E-state index in [1.807, 2.05) is 18.3 Å². The zero-order chi connectivity index (χ0) is 30.2. The number of carbonyl (C=O) groups excluding carboxylic acids is 1. The van der Waals surface area contributed by atoms with Crippen LogP contribution >= 0.6 is 11.6 Å². The number of H-pyrrole nitrogens is 1. The van der Waals surface area contributed by atoms with E-state index < -0.39 is 40.8 Å². The number of rotatable bonds is 7. The highest BCUT2D eigenvalue weighted by Crippen LogP contribution is 2.67. The van der Waals surface area contributed by atoms with Gasteiger partial charge < -0.3 is 15.0 Å². The summed E-state index contributed by atoms with van der Waals surface area (Å²) in [7, 11) is 0. The summed E-state index contributed by atoms with van der Waals surface area (Å²) in [6.07, 6.45) is 1.06. The maximum absolute atomic E-state index is 14.6. The molecule has 0 spiro atoms. The van der Waals surface area contributed by atoms with Gasteiger partial charge in [0.25, 0.3) is 5.91 Å². The van der Waals surface area contributed by atoms with Crippen molar-refractivity contribution in [3.63, 3.8) is 0 Å². The van der Waals surface area contributed by atoms with Gasteiger partial charge in [0.15, 0.2) is 5.69 Å². The van der Waals surface area contributed by atoms with Crippen LogP contribution in [-0.4, -0.2) is 49.2 Å². The van der Waals surface area contributed by atoms with Gasteiger partial charge in [-0.3, -0.25) is 14.3 Å². The topological polar surface area (TPSA) is 91.2 Å². The standard InChI is InChI=1S/C31H36ClF3N4O3/c1-29(2)21-13-19(14-22(21)29)38(12-9-17-15-36-24-6-4-5-23(32)25(17)24)27(40)20-16-37-39(26(20)31(33,34)35)18-7-10-30(3,11-8-18)28(41)42/h4-6,15-16,18-19,21-22,36H,7-14H2,1-3H3,(H,41,42)/t18?,19?,21-,22+,30?. The molecular formula is C31H36ClF3N4O3. The van der Waals surface area contributed by atoms with Gasteiger partial charge in [-0.25, -0.2) is 0 Å². The number of hydrogen-bond acceptors (Lipinski definition) is 3. The Morgan fingerprint density at radius 2 is 1.83 bits per heavy atom. The van der Waals surface area contributed by atoms with Gasteiger partial charge in [-0.15, -0.1) is 0 Å². The number of aromatic nitrogens is 3. The summed E-state index contributed by atoms with van der Waals surface area (Å²) < 4.78 is 44.8. The number of carboxylic acids is 1. The highest BCUT2D eigenvalue weighted by molar-refractivity contribution is 6.35. The van der Waals surface area contributed by atoms with Crippen LogP contribution in [-0.2, 0) is 17.4 Å². The zero-order valence-electron chi connectivity index (χ0n) is 24.0. The highest BCUT2D eigenvalue weighted by Gasteiger charge is 2.63. The molecule has 2 heterocycles. The van der Waals surface area contributed by atoms with Crippen molar-refractivity contribution in [3.05, 3.63) is 52.4 Å². The lowest BCUT2D eigenvalue weighted by molar-refractivity contribution is -0.152. The molecule has 3 aromatic rings. The first-order chi connectivity index (χ1) is 19.7. The number of nitrogens with zero attached hydrogens (tertiary/aromatic N) is 3. The van der Waals surface area contributed by atoms with Crippen LogP contribution in [0.25, 0.3) is 10.9 Å². The summed E-state index contributed by atoms with van der Waals surface area (Å²) in [5.74, 6) is -0.695. The number of halogens is 4. The molecule has 1 aromatic carbocycles. The Labute approximate surface area is 247 Å². The SMILES string of the molecule is CC1(C(=O)O)CCC(n2ncc(C(=O)N(CCc3c[nH]c4cccc(Cl)c34)C3C[C@@H]4[C@H](C3)C4(C)C)c2C(F)(F)F)CC1. The Morgan fingerprint density at radius 3 is 2.45 bits per heavy atom. The third-order valence-electron chi connectivity index (χ3n) is 10.6. The molecule has 3 fully saturated rings. The van der Waals surface area contributed by atoms with E-state index in [-0.39, 0.29) is 43.7 Å². The number of nitrogens with one attached hydrogen (secondary N) is 1. The molecular weight excluding hydrogens is 569 g/mol. The Kier molecular flexibility index (Phi) is 6.94. The molecule has 3 aliphatic rings. The predicted molar refractivity (Wildman–Crippen MR) is 152 cm³/mol. The number of aromatic amines is 1. The van der Waals surface area contributed by atoms with E-state index in [1.165, 1.54) is 0 Å². The number of carbonyl (C=O) groups is 2. The second-order valence-corrected chi connectivity index (χ2v) is 13.7. The summed E-state index contributed by atoms with van der Waals surface area (Å²) in [4.78, 5) is 30.6. The third kappa shape index (κ3) is 4.79. The Hall–Kier alpha value is -3.01. The quantitative estimate of drug-likeness (QED) is 0.295. The summed E-state index contributed by atoms with van der Waals surface area (Å²) >= 11 is 6.47. The maximum Gasteiger partial charge on any atom is 0.433 e. The van der Waals surface area contributed by atoms with E-state index in [0.29, 0.717) is 23.3 Å². The molecule has 2 aromatic heterocycles. The highest BCUT2D eigenvalue weighted by atomic mass is 35.5. The van der Waals surface area contributed by atoms with Crippen LogP contribution in [0.2, 0.25) is 5.02 Å². The molecule has 1 unspecified atom stereocenters. The largest absolute Gasteiger partial charge is 0.481 e. The van der Waals surface area contributed by atoms with Crippen LogP contribution in [0.15, 0.2) is 30.6 Å². The van der Waals surface area contributed by atoms with E-state index in [9.17, 15) is 27.9 Å². The van der Waals surface area contributed by atoms with Gasteiger partial charge >= 0.3 is 12.1 Å². The van der Waals surface area contributed by atoms with Crippen LogP contribution in [0.5, 0.6) is 0 Å². The van der Waals surface area contributed by atoms with Crippen molar-refractivity contribution < 1.29 is 27.9 Å². The molecule has 226 valence electrons. The Bertz CT molecular complexity index is 1520. The monoisotopic (exact) mass is 604 g/mol. The van der Waals surface area contributed by atoms with Crippen molar-refractivity contribution in [2.45, 2.75) is 84.0 Å². The van der Waals surface area contributed by atoms with Crippen molar-refractivity contribution in [1.29, 1.82) is 0 Å². The van der Waals surface area contributed by atoms with Gasteiger partial charge in [-0.05, 0) is 86.8 Å². The number of benzene rings is 1. The first-order valence-electron chi connectivity index (χ1n) is 14.7. The minimum atomic E-state index is -4.80. The lowest BCUT2D eigenvalue weighted by Crippen LogP contribution is -2.42. The van der Waals surface area contributed by atoms with Crippen LogP contribution in [0.3, 0.4) is 0 Å². The third-order valence-corrected chi connectivity index (χ3v) is 10.9. The Balaban J connectivity index is 1.30. The van der Waals surface area contributed by atoms with Crippen molar-refractivity contribution in [2.75, 3.05) is 6.54 Å². The smallest absolute Gasteiger partial charge is 0.433 e. The van der Waals surface area contributed by atoms with Crippen molar-refractivity contribution in [3.8, 4) is 0 Å². The average molecular weight is 605 g/mol. The molecule has 7 nitrogen and oxygen atoms in total. The summed E-state index contributed by atoms with van der Waals surface area (Å²) in [5, 5.41) is 15.1. The first-order valence-corrected chi connectivity index (χ1v) is 15.0. The summed E-state index contributed by atoms with van der Waals surface area (Å²) in [6.45, 7) is 6.30. The molecule has 11 heteroatoms. The number of alkyl halides is 3. The van der Waals surface area contributed by atoms with Gasteiger partial charge in [0, 0.05) is 29.7 Å². The average Bonchev–Trinajstić information content (AvgIpc) is 3.48. The number of amides is 1. The van der Waals surface area contributed by atoms with Gasteiger partial charge in [-0.1, -0.05) is 31.5 Å². The van der Waals surface area contributed by atoms with Crippen LogP contribution in [0.4, 0.5) is 13.2 Å². The molecule has 0 bridgehead atoms. The van der Waals surface area contributed by atoms with Crippen LogP contribution < -0.4 is 0 Å². The number of aliphatic carboxylic acids is 1. The number of carboxylic acid groups (broad SMARTS) is 1. The maximum atomic E-state index is 14.6. The second kappa shape index (κ2) is 10.0. The molecule has 3 atom stereocenters. The first kappa shape index (κ1) is 29.1. The van der Waals surface area contributed by atoms with E-state index in [0.717, 1.165) is 40.2 Å². The molecule has 2 N–H and O–H groups in total. The predicted octanol–water partition coefficient (Wildman–Crippen LogP) is 7.36. The molecule has 3 saturated carbocycles. The lowest BCUT2D eigenvalue weighted by atomic mass is 9.74. The summed E-state index contributed by atoms with van der Waals surface area (Å²) in [5.41, 5.74) is -0.479. The van der Waals surface area contributed by atoms with Gasteiger partial charge in [0.1, 0.15) is 0 Å². The molecule has 42 heavy (non-hydrogen) atoms. The van der Waals surface area contributed by atoms with E-state index in [4.69, 9.17) is 11.6 Å². The van der Waals surface area contributed by atoms with E-state index in [2.05, 4.69) is 23.9 Å². The molecule has 0 saturated heterocycles. The van der Waals surface area contributed by atoms with Crippen molar-refractivity contribution >= 4 is 34.4 Å². The van der Waals surface area contributed by atoms with Gasteiger partial charge in [0.2, 0.25) is 0 Å². The van der Waals surface area contributed by atoms with E-state index >= 15 is 0 Å². The number of hydrogen-bond donors (Lipinski definition) is 2. The fourth-order valence-electron chi connectivity index (χ4n) is 7.76. The van der Waals surface area contributed by atoms with Crippen molar-refractivity contribution in [1.82, 2.24) is 19.7 Å². The molecule has 0 aliphatic heterocycles. The van der Waals surface area contributed by atoms with E-state index in [1.54, 1.807) is 17.9 Å². The zero-order valence-corrected chi connectivity index (χ0v) is 24.7. The molecule has 3 aliphatic carbocycles. The van der Waals surface area contributed by atoms with Crippen LogP contribution in [0.1, 0.15) is 87.0 Å². The lowest BCUT2D eigenvalue weighted by Gasteiger charge is -2.35. The fraction of sp³-hybridized carbons (Fsp3) is 0.581. The summed E-state index contributed by atoms with van der Waals surface area (Å²) in [6, 6.07) is 4.77. The minimum Gasteiger partial charge on any atom is -0.481 e.